The number of epoxide rings is 1. The topological polar surface area (TPSA) is 176 Å². The van der Waals surface area contributed by atoms with Crippen LogP contribution in [-0.4, -0.2) is 81.7 Å². The maximum atomic E-state index is 14.1. The molecule has 0 spiro atoms. The van der Waals surface area contributed by atoms with E-state index >= 15 is 0 Å². The zero-order valence-corrected chi connectivity index (χ0v) is 29.7. The predicted molar refractivity (Wildman–Crippen MR) is 190 cm³/mol. The number of carbonyl (C=O) groups excluding carboxylic acids is 5. The van der Waals surface area contributed by atoms with Crippen LogP contribution in [0.5, 0.6) is 0 Å². The Morgan fingerprint density at radius 1 is 1.00 bits per heavy atom. The molecule has 12 nitrogen and oxygen atoms in total. The van der Waals surface area contributed by atoms with Crippen LogP contribution in [-0.2, 0) is 36.8 Å². The van der Waals surface area contributed by atoms with Gasteiger partial charge in [-0.1, -0.05) is 74.5 Å². The average Bonchev–Trinajstić information content (AvgIpc) is 3.59. The van der Waals surface area contributed by atoms with Gasteiger partial charge in [0.25, 0.3) is 5.91 Å². The molecular formula is C37H46N6O6S. The summed E-state index contributed by atoms with van der Waals surface area (Å²) in [5, 5.41) is 10.4. The number of likely N-dealkylation sites (tertiary alicyclic amines) is 1. The first-order valence-electron chi connectivity index (χ1n) is 17.1. The van der Waals surface area contributed by atoms with Crippen molar-refractivity contribution in [2.45, 2.75) is 95.6 Å². The number of ether oxygens (including phenoxy) is 1. The number of amides is 4. The first-order chi connectivity index (χ1) is 23.8. The normalized spacial score (nSPS) is 21.7. The quantitative estimate of drug-likeness (QED) is 0.165. The Bertz CT molecular complexity index is 1680. The van der Waals surface area contributed by atoms with Gasteiger partial charge in [0, 0.05) is 17.8 Å². The van der Waals surface area contributed by atoms with Crippen LogP contribution in [0.2, 0.25) is 0 Å². The van der Waals surface area contributed by atoms with Crippen molar-refractivity contribution in [3.05, 3.63) is 82.9 Å². The lowest BCUT2D eigenvalue weighted by atomic mass is 9.92. The summed E-state index contributed by atoms with van der Waals surface area (Å²) in [4.78, 5) is 74.0. The summed E-state index contributed by atoms with van der Waals surface area (Å²) in [6.07, 6.45) is 1.67. The zero-order chi connectivity index (χ0) is 36.0. The standard InChI is InChI=1S/C37H46N6O6S/c1-22(2)17-27(31(44)37(4)21-49-37)40-34(47)30(19-25-13-9-6-10-14-25)43-23(3)18-28(35(43)48)41-32(45)26(16-15-24-11-7-5-8-12-24)39-33(46)29-20-50-36(38)42-29/h5-14,20,22-23,26-28,30H,15-19,21H2,1-4H3,(H2,38,42)(H,39,46)(H,40,47)(H,41,45)/t23?,26-,27-,28-,30-,37?/m0/s1. The predicted octanol–water partition coefficient (Wildman–Crippen LogP) is 3.06. The number of benzene rings is 2. The molecule has 3 aromatic rings. The van der Waals surface area contributed by atoms with Crippen molar-refractivity contribution in [3.63, 3.8) is 0 Å². The second-order valence-corrected chi connectivity index (χ2v) is 14.7. The minimum Gasteiger partial charge on any atom is -0.375 e. The Kier molecular flexibility index (Phi) is 11.7. The lowest BCUT2D eigenvalue weighted by Crippen LogP contribution is -2.57. The number of aryl methyl sites for hydroxylation is 1. The van der Waals surface area contributed by atoms with Crippen molar-refractivity contribution < 1.29 is 28.7 Å². The molecule has 2 aliphatic heterocycles. The summed E-state index contributed by atoms with van der Waals surface area (Å²) in [6, 6.07) is 14.9. The monoisotopic (exact) mass is 702 g/mol. The van der Waals surface area contributed by atoms with Crippen LogP contribution < -0.4 is 21.7 Å². The molecule has 0 radical (unpaired) electrons. The lowest BCUT2D eigenvalue weighted by molar-refractivity contribution is -0.142. The smallest absolute Gasteiger partial charge is 0.271 e. The molecule has 266 valence electrons. The van der Waals surface area contributed by atoms with Crippen LogP contribution in [0, 0.1) is 5.92 Å². The number of hydrogen-bond donors (Lipinski definition) is 4. The maximum Gasteiger partial charge on any atom is 0.271 e. The average molecular weight is 703 g/mol. The summed E-state index contributed by atoms with van der Waals surface area (Å²) < 4.78 is 5.41. The van der Waals surface area contributed by atoms with Crippen molar-refractivity contribution in [1.29, 1.82) is 0 Å². The molecule has 2 unspecified atom stereocenters. The van der Waals surface area contributed by atoms with E-state index in [0.717, 1.165) is 22.5 Å². The molecule has 2 fully saturated rings. The number of carbonyl (C=O) groups is 5. The van der Waals surface area contributed by atoms with E-state index in [4.69, 9.17) is 10.5 Å². The maximum absolute atomic E-state index is 14.1. The number of nitrogen functional groups attached to an aromatic ring is 1. The van der Waals surface area contributed by atoms with Crippen molar-refractivity contribution in [2.24, 2.45) is 5.92 Å². The lowest BCUT2D eigenvalue weighted by Gasteiger charge is -2.33. The summed E-state index contributed by atoms with van der Waals surface area (Å²) in [5.41, 5.74) is 6.74. The van der Waals surface area contributed by atoms with E-state index in [1.54, 1.807) is 6.92 Å². The van der Waals surface area contributed by atoms with Crippen molar-refractivity contribution in [1.82, 2.24) is 25.8 Å². The number of nitrogens with one attached hydrogen (secondary N) is 3. The number of nitrogens with zero attached hydrogens (tertiary/aromatic N) is 2. The van der Waals surface area contributed by atoms with Crippen LogP contribution in [0.3, 0.4) is 0 Å². The van der Waals surface area contributed by atoms with Crippen LogP contribution in [0.25, 0.3) is 0 Å². The molecule has 3 heterocycles. The summed E-state index contributed by atoms with van der Waals surface area (Å²) in [6.45, 7) is 7.82. The largest absolute Gasteiger partial charge is 0.375 e. The van der Waals surface area contributed by atoms with Crippen LogP contribution in [0.15, 0.2) is 66.0 Å². The van der Waals surface area contributed by atoms with Gasteiger partial charge in [0.05, 0.1) is 12.6 Å². The number of anilines is 1. The molecule has 0 aliphatic carbocycles. The molecule has 13 heteroatoms. The highest BCUT2D eigenvalue weighted by atomic mass is 32.1. The van der Waals surface area contributed by atoms with Gasteiger partial charge >= 0.3 is 0 Å². The van der Waals surface area contributed by atoms with Gasteiger partial charge in [-0.15, -0.1) is 11.3 Å². The van der Waals surface area contributed by atoms with Crippen molar-refractivity contribution in [2.75, 3.05) is 12.3 Å². The molecule has 6 atom stereocenters. The Balaban J connectivity index is 1.34. The van der Waals surface area contributed by atoms with Crippen LogP contribution >= 0.6 is 11.3 Å². The first-order valence-corrected chi connectivity index (χ1v) is 17.9. The second-order valence-electron chi connectivity index (χ2n) is 13.8. The fourth-order valence-corrected chi connectivity index (χ4v) is 6.94. The van der Waals surface area contributed by atoms with Gasteiger partial charge in [0.2, 0.25) is 17.7 Å². The SMILES string of the molecule is CC(C)C[C@H](NC(=O)[C@H](Cc1ccccc1)N1C(=O)[C@@H](NC(=O)[C@H](CCc2ccccc2)NC(=O)c2csc(N)n2)CC1C)C(=O)C1(C)CO1. The summed E-state index contributed by atoms with van der Waals surface area (Å²) >= 11 is 1.12. The number of nitrogens with two attached hydrogens (primary N) is 1. The summed E-state index contributed by atoms with van der Waals surface area (Å²) in [5.74, 6) is -1.99. The molecule has 0 bridgehead atoms. The third-order valence-corrected chi connectivity index (χ3v) is 9.88. The van der Waals surface area contributed by atoms with Gasteiger partial charge in [-0.2, -0.15) is 0 Å². The summed E-state index contributed by atoms with van der Waals surface area (Å²) in [7, 11) is 0. The number of ketones is 1. The molecule has 5 N–H and O–H groups in total. The minimum absolute atomic E-state index is 0.105. The first kappa shape index (κ1) is 36.7. The molecule has 50 heavy (non-hydrogen) atoms. The molecule has 2 saturated heterocycles. The van der Waals surface area contributed by atoms with E-state index < -0.39 is 59.4 Å². The molecule has 4 amide bonds. The number of Topliss-reactive ketones (excluding diaryl/α,β-unsaturated/α-hetero) is 1. The van der Waals surface area contributed by atoms with Crippen molar-refractivity contribution >= 4 is 45.9 Å². The van der Waals surface area contributed by atoms with Crippen LogP contribution in [0.4, 0.5) is 5.13 Å². The molecule has 2 aromatic carbocycles. The zero-order valence-electron chi connectivity index (χ0n) is 28.9. The molecular weight excluding hydrogens is 657 g/mol. The Morgan fingerprint density at radius 2 is 1.64 bits per heavy atom. The number of aromatic nitrogens is 1. The van der Waals surface area contributed by atoms with Gasteiger partial charge in [-0.05, 0) is 56.6 Å². The fourth-order valence-electron chi connectivity index (χ4n) is 6.40. The van der Waals surface area contributed by atoms with E-state index in [1.807, 2.05) is 81.4 Å². The van der Waals surface area contributed by atoms with Gasteiger partial charge < -0.3 is 31.3 Å². The van der Waals surface area contributed by atoms with E-state index in [2.05, 4.69) is 20.9 Å². The van der Waals surface area contributed by atoms with E-state index in [9.17, 15) is 24.0 Å². The molecule has 2 aliphatic rings. The van der Waals surface area contributed by atoms with Gasteiger partial charge in [-0.3, -0.25) is 24.0 Å². The minimum atomic E-state index is -0.972. The van der Waals surface area contributed by atoms with Gasteiger partial charge in [0.15, 0.2) is 10.9 Å². The Morgan fingerprint density at radius 3 is 2.22 bits per heavy atom. The Labute approximate surface area is 296 Å². The molecule has 0 saturated carbocycles. The Hall–Kier alpha value is -4.62. The number of rotatable bonds is 16. The molecule has 1 aromatic heterocycles. The van der Waals surface area contributed by atoms with Gasteiger partial charge in [-0.25, -0.2) is 4.98 Å². The van der Waals surface area contributed by atoms with Crippen molar-refractivity contribution in [3.8, 4) is 0 Å². The third-order valence-electron chi connectivity index (χ3n) is 9.21. The fraction of sp³-hybridized carbons (Fsp3) is 0.459. The highest BCUT2D eigenvalue weighted by molar-refractivity contribution is 7.13. The highest BCUT2D eigenvalue weighted by Crippen LogP contribution is 2.30. The van der Waals surface area contributed by atoms with E-state index in [1.165, 1.54) is 10.3 Å². The highest BCUT2D eigenvalue weighted by Gasteiger charge is 2.51. The number of thiazole rings is 1. The van der Waals surface area contributed by atoms with Crippen LogP contribution in [0.1, 0.15) is 68.6 Å². The molecule has 5 rings (SSSR count). The van der Waals surface area contributed by atoms with E-state index in [0.29, 0.717) is 19.4 Å². The van der Waals surface area contributed by atoms with E-state index in [-0.39, 0.29) is 41.8 Å². The third kappa shape index (κ3) is 9.13. The number of hydrogen-bond acceptors (Lipinski definition) is 9. The second kappa shape index (κ2) is 15.9. The van der Waals surface area contributed by atoms with Gasteiger partial charge in [0.1, 0.15) is 29.4 Å².